The fraction of sp³-hybridized carbons (Fsp3) is 0.448. The molecule has 0 aliphatic carbocycles. The van der Waals surface area contributed by atoms with Crippen LogP contribution in [0, 0.1) is 0 Å². The van der Waals surface area contributed by atoms with E-state index in [9.17, 15) is 14.7 Å². The van der Waals surface area contributed by atoms with Crippen molar-refractivity contribution in [2.45, 2.75) is 51.7 Å². The maximum atomic E-state index is 13.3. The first-order chi connectivity index (χ1) is 17.3. The minimum absolute atomic E-state index is 0.0649. The Kier molecular flexibility index (Phi) is 7.99. The molecule has 1 fully saturated rings. The van der Waals surface area contributed by atoms with Crippen LogP contribution in [0.2, 0.25) is 0 Å². The van der Waals surface area contributed by atoms with E-state index in [4.69, 9.17) is 9.47 Å². The predicted octanol–water partition coefficient (Wildman–Crippen LogP) is 4.56. The number of aliphatic hydroxyl groups excluding tert-OH is 1. The minimum Gasteiger partial charge on any atom is -0.507 e. The Balaban J connectivity index is 1.75. The molecule has 7 heteroatoms. The van der Waals surface area contributed by atoms with E-state index >= 15 is 0 Å². The molecule has 7 nitrogen and oxygen atoms in total. The summed E-state index contributed by atoms with van der Waals surface area (Å²) < 4.78 is 11.7. The van der Waals surface area contributed by atoms with Gasteiger partial charge in [0.25, 0.3) is 11.7 Å². The quantitative estimate of drug-likeness (QED) is 0.227. The van der Waals surface area contributed by atoms with Crippen LogP contribution >= 0.6 is 0 Å². The van der Waals surface area contributed by atoms with Gasteiger partial charge in [0.05, 0.1) is 18.2 Å². The average Bonchev–Trinajstić information content (AvgIpc) is 3.34. The molecular formula is C29H36N2O5. The molecule has 0 bridgehead atoms. The monoisotopic (exact) mass is 492 g/mol. The molecule has 0 aromatic heterocycles. The van der Waals surface area contributed by atoms with Crippen molar-refractivity contribution in [1.82, 2.24) is 9.80 Å². The molecule has 192 valence electrons. The second-order valence-corrected chi connectivity index (χ2v) is 9.88. The van der Waals surface area contributed by atoms with Gasteiger partial charge in [-0.05, 0) is 81.9 Å². The van der Waals surface area contributed by atoms with E-state index in [0.29, 0.717) is 30.9 Å². The highest BCUT2D eigenvalue weighted by molar-refractivity contribution is 6.46. The summed E-state index contributed by atoms with van der Waals surface area (Å²) in [7, 11) is 3.95. The summed E-state index contributed by atoms with van der Waals surface area (Å²) in [5, 5.41) is 11.4. The summed E-state index contributed by atoms with van der Waals surface area (Å²) >= 11 is 0. The third-order valence-corrected chi connectivity index (χ3v) is 6.65. The number of amides is 1. The maximum Gasteiger partial charge on any atom is 0.295 e. The Morgan fingerprint density at radius 3 is 2.72 bits per heavy atom. The van der Waals surface area contributed by atoms with Crippen LogP contribution in [0.3, 0.4) is 0 Å². The molecule has 2 aromatic carbocycles. The smallest absolute Gasteiger partial charge is 0.295 e. The Morgan fingerprint density at radius 2 is 1.97 bits per heavy atom. The molecule has 1 saturated heterocycles. The fourth-order valence-electron chi connectivity index (χ4n) is 4.85. The molecule has 2 atom stereocenters. The first-order valence-electron chi connectivity index (χ1n) is 12.8. The van der Waals surface area contributed by atoms with E-state index in [0.717, 1.165) is 42.7 Å². The Labute approximate surface area is 213 Å². The van der Waals surface area contributed by atoms with E-state index in [1.165, 1.54) is 0 Å². The van der Waals surface area contributed by atoms with Crippen molar-refractivity contribution in [3.63, 3.8) is 0 Å². The molecular weight excluding hydrogens is 456 g/mol. The number of Topliss-reactive ketones (excluding diaryl/α,β-unsaturated/α-hetero) is 1. The third-order valence-electron chi connectivity index (χ3n) is 6.65. The highest BCUT2D eigenvalue weighted by Crippen LogP contribution is 2.41. The SMILES string of the molecule is CCCCOc1cccc([C@H]2/C(=C(\O)c3ccc4c(c3)C[C@H](C)O4)C(=O)C(=O)N2CCCN(C)C)c1. The van der Waals surface area contributed by atoms with Crippen molar-refractivity contribution >= 4 is 17.4 Å². The zero-order chi connectivity index (χ0) is 25.8. The first-order valence-corrected chi connectivity index (χ1v) is 12.8. The molecule has 2 heterocycles. The van der Waals surface area contributed by atoms with Crippen molar-refractivity contribution < 1.29 is 24.2 Å². The Hall–Kier alpha value is -3.32. The second kappa shape index (κ2) is 11.2. The van der Waals surface area contributed by atoms with Crippen LogP contribution in [0.4, 0.5) is 0 Å². The molecule has 36 heavy (non-hydrogen) atoms. The number of aliphatic hydroxyl groups is 1. The standard InChI is InChI=1S/C29H36N2O5/c1-5-6-15-35-23-10-7-9-20(18-23)26-25(28(33)29(34)31(26)14-8-13-30(3)4)27(32)21-11-12-24-22(17-21)16-19(2)36-24/h7,9-12,17-19,26,32H,5-6,8,13-16H2,1-4H3/b27-25+/t19-,26-/m0/s1. The number of rotatable bonds is 10. The predicted molar refractivity (Wildman–Crippen MR) is 139 cm³/mol. The number of hydrogen-bond acceptors (Lipinski definition) is 6. The number of fused-ring (bicyclic) bond motifs is 1. The number of ether oxygens (including phenoxy) is 2. The first kappa shape index (κ1) is 25.8. The number of nitrogens with zero attached hydrogens (tertiary/aromatic N) is 2. The number of ketones is 1. The number of benzene rings is 2. The second-order valence-electron chi connectivity index (χ2n) is 9.88. The van der Waals surface area contributed by atoms with Gasteiger partial charge >= 0.3 is 0 Å². The summed E-state index contributed by atoms with van der Waals surface area (Å²) in [5.74, 6) is 0.0637. The molecule has 0 spiro atoms. The molecule has 4 rings (SSSR count). The minimum atomic E-state index is -0.690. The van der Waals surface area contributed by atoms with Gasteiger partial charge in [-0.3, -0.25) is 9.59 Å². The average molecular weight is 493 g/mol. The van der Waals surface area contributed by atoms with E-state index in [2.05, 4.69) is 6.92 Å². The van der Waals surface area contributed by atoms with Gasteiger partial charge in [0.15, 0.2) is 0 Å². The van der Waals surface area contributed by atoms with E-state index < -0.39 is 17.7 Å². The summed E-state index contributed by atoms with van der Waals surface area (Å²) in [4.78, 5) is 30.1. The molecule has 2 aliphatic heterocycles. The molecule has 1 amide bonds. The van der Waals surface area contributed by atoms with E-state index in [-0.39, 0.29) is 17.4 Å². The summed E-state index contributed by atoms with van der Waals surface area (Å²) in [6.45, 7) is 5.87. The van der Waals surface area contributed by atoms with Gasteiger partial charge in [-0.25, -0.2) is 0 Å². The number of unbranched alkanes of at least 4 members (excludes halogenated alkanes) is 1. The van der Waals surface area contributed by atoms with Crippen LogP contribution in [0.1, 0.15) is 55.8 Å². The number of carbonyl (C=O) groups is 2. The fourth-order valence-corrected chi connectivity index (χ4v) is 4.85. The van der Waals surface area contributed by atoms with Crippen LogP contribution in [0.5, 0.6) is 11.5 Å². The lowest BCUT2D eigenvalue weighted by Crippen LogP contribution is -2.32. The maximum absolute atomic E-state index is 13.3. The van der Waals surface area contributed by atoms with Gasteiger partial charge in [0.1, 0.15) is 23.4 Å². The van der Waals surface area contributed by atoms with Crippen molar-refractivity contribution in [1.29, 1.82) is 0 Å². The third kappa shape index (κ3) is 5.41. The van der Waals surface area contributed by atoms with Gasteiger partial charge in [0.2, 0.25) is 0 Å². The lowest BCUT2D eigenvalue weighted by molar-refractivity contribution is -0.139. The summed E-state index contributed by atoms with van der Waals surface area (Å²) in [6, 6.07) is 12.2. The molecule has 2 aromatic rings. The van der Waals surface area contributed by atoms with Gasteiger partial charge < -0.3 is 24.4 Å². The molecule has 0 radical (unpaired) electrons. The van der Waals surface area contributed by atoms with Gasteiger partial charge in [0, 0.05) is 18.5 Å². The van der Waals surface area contributed by atoms with Crippen molar-refractivity contribution in [3.8, 4) is 11.5 Å². The zero-order valence-electron chi connectivity index (χ0n) is 21.6. The molecule has 1 N–H and O–H groups in total. The lowest BCUT2D eigenvalue weighted by atomic mass is 9.94. The summed E-state index contributed by atoms with van der Waals surface area (Å²) in [6.07, 6.45) is 3.47. The normalized spacial score (nSPS) is 20.6. The van der Waals surface area contributed by atoms with Crippen LogP contribution in [-0.2, 0) is 16.0 Å². The highest BCUT2D eigenvalue weighted by atomic mass is 16.5. The number of hydrogen-bond donors (Lipinski definition) is 1. The van der Waals surface area contributed by atoms with E-state index in [1.807, 2.05) is 62.3 Å². The topological polar surface area (TPSA) is 79.3 Å². The van der Waals surface area contributed by atoms with Gasteiger partial charge in [-0.15, -0.1) is 0 Å². The molecule has 0 saturated carbocycles. The zero-order valence-corrected chi connectivity index (χ0v) is 21.6. The van der Waals surface area contributed by atoms with Crippen LogP contribution < -0.4 is 9.47 Å². The lowest BCUT2D eigenvalue weighted by Gasteiger charge is -2.26. The highest BCUT2D eigenvalue weighted by Gasteiger charge is 2.46. The largest absolute Gasteiger partial charge is 0.507 e. The van der Waals surface area contributed by atoms with Crippen molar-refractivity contribution in [2.24, 2.45) is 0 Å². The number of likely N-dealkylation sites (tertiary alicyclic amines) is 1. The van der Waals surface area contributed by atoms with Crippen LogP contribution in [0.25, 0.3) is 5.76 Å². The molecule has 2 aliphatic rings. The Bertz CT molecular complexity index is 1160. The van der Waals surface area contributed by atoms with Gasteiger partial charge in [-0.1, -0.05) is 25.5 Å². The van der Waals surface area contributed by atoms with Crippen LogP contribution in [0.15, 0.2) is 48.0 Å². The van der Waals surface area contributed by atoms with Gasteiger partial charge in [-0.2, -0.15) is 0 Å². The van der Waals surface area contributed by atoms with Crippen molar-refractivity contribution in [3.05, 3.63) is 64.7 Å². The molecule has 0 unspecified atom stereocenters. The Morgan fingerprint density at radius 1 is 1.17 bits per heavy atom. The van der Waals surface area contributed by atoms with Crippen LogP contribution in [-0.4, -0.2) is 66.5 Å². The summed E-state index contributed by atoms with van der Waals surface area (Å²) in [5.41, 5.74) is 2.35. The van der Waals surface area contributed by atoms with E-state index in [1.54, 1.807) is 11.0 Å². The number of carbonyl (C=O) groups excluding carboxylic acids is 2. The van der Waals surface area contributed by atoms with Crippen molar-refractivity contribution in [2.75, 3.05) is 33.8 Å².